The summed E-state index contributed by atoms with van der Waals surface area (Å²) >= 11 is 0. The lowest BCUT2D eigenvalue weighted by atomic mass is 10.3. The van der Waals surface area contributed by atoms with Crippen LogP contribution in [0.5, 0.6) is 0 Å². The summed E-state index contributed by atoms with van der Waals surface area (Å²) in [5, 5.41) is 0. The van der Waals surface area contributed by atoms with Gasteiger partial charge in [0.15, 0.2) is 23.3 Å². The zero-order valence-electron chi connectivity index (χ0n) is 11.3. The molecule has 1 heterocycles. The number of carbonyl (C=O) groups is 1. The molecule has 106 valence electrons. The molecule has 0 saturated carbocycles. The molecule has 0 spiro atoms. The van der Waals surface area contributed by atoms with Crippen molar-refractivity contribution in [2.45, 2.75) is 13.3 Å². The van der Waals surface area contributed by atoms with E-state index in [-0.39, 0.29) is 24.1 Å². The Bertz CT molecular complexity index is 465. The van der Waals surface area contributed by atoms with E-state index in [2.05, 4.69) is 4.98 Å². The molecule has 1 aromatic heterocycles. The standard InChI is InChI=1S/C12H18F2N4O/c1-4-5-18(7-10(19)17(2)3)12-9(14)6-8(13)11(15)16-12/h6H,4-5,7H2,1-3H3,(H2,15,16). The van der Waals surface area contributed by atoms with Crippen molar-refractivity contribution in [3.63, 3.8) is 0 Å². The second-order valence-corrected chi connectivity index (χ2v) is 4.37. The summed E-state index contributed by atoms with van der Waals surface area (Å²) in [7, 11) is 3.21. The smallest absolute Gasteiger partial charge is 0.241 e. The number of nitrogens with two attached hydrogens (primary N) is 1. The average Bonchev–Trinajstić information content (AvgIpc) is 2.33. The molecule has 7 heteroatoms. The lowest BCUT2D eigenvalue weighted by molar-refractivity contribution is -0.127. The van der Waals surface area contributed by atoms with Crippen molar-refractivity contribution in [1.29, 1.82) is 0 Å². The molecule has 1 aromatic rings. The zero-order chi connectivity index (χ0) is 14.6. The minimum absolute atomic E-state index is 0.0319. The van der Waals surface area contributed by atoms with Gasteiger partial charge in [-0.3, -0.25) is 4.79 Å². The van der Waals surface area contributed by atoms with Crippen molar-refractivity contribution in [3.8, 4) is 0 Å². The second kappa shape index (κ2) is 6.31. The Morgan fingerprint density at radius 2 is 2.00 bits per heavy atom. The lowest BCUT2D eigenvalue weighted by Crippen LogP contribution is -2.38. The Morgan fingerprint density at radius 1 is 1.37 bits per heavy atom. The maximum atomic E-state index is 13.7. The second-order valence-electron chi connectivity index (χ2n) is 4.37. The fraction of sp³-hybridized carbons (Fsp3) is 0.500. The normalized spacial score (nSPS) is 10.4. The van der Waals surface area contributed by atoms with Crippen LogP contribution >= 0.6 is 0 Å². The van der Waals surface area contributed by atoms with Crippen LogP contribution in [0.4, 0.5) is 20.4 Å². The van der Waals surface area contributed by atoms with Crippen molar-refractivity contribution in [2.75, 3.05) is 37.8 Å². The number of hydrogen-bond donors (Lipinski definition) is 1. The number of amides is 1. The molecule has 5 nitrogen and oxygen atoms in total. The molecule has 0 aliphatic carbocycles. The van der Waals surface area contributed by atoms with Gasteiger partial charge in [-0.05, 0) is 6.42 Å². The van der Waals surface area contributed by atoms with Crippen molar-refractivity contribution in [1.82, 2.24) is 9.88 Å². The van der Waals surface area contributed by atoms with Gasteiger partial charge in [0.1, 0.15) is 0 Å². The van der Waals surface area contributed by atoms with Crippen molar-refractivity contribution >= 4 is 17.5 Å². The van der Waals surface area contributed by atoms with Crippen molar-refractivity contribution in [2.24, 2.45) is 0 Å². The van der Waals surface area contributed by atoms with Crippen LogP contribution in [0.25, 0.3) is 0 Å². The average molecular weight is 272 g/mol. The summed E-state index contributed by atoms with van der Waals surface area (Å²) in [6.07, 6.45) is 0.694. The zero-order valence-corrected chi connectivity index (χ0v) is 11.3. The molecular weight excluding hydrogens is 254 g/mol. The first kappa shape index (κ1) is 15.1. The Hall–Kier alpha value is -1.92. The summed E-state index contributed by atoms with van der Waals surface area (Å²) in [5.74, 6) is -2.41. The van der Waals surface area contributed by atoms with E-state index in [1.54, 1.807) is 14.1 Å². The van der Waals surface area contributed by atoms with Gasteiger partial charge in [0.25, 0.3) is 0 Å². The monoisotopic (exact) mass is 272 g/mol. The fourth-order valence-electron chi connectivity index (χ4n) is 1.53. The van der Waals surface area contributed by atoms with Crippen LogP contribution in [-0.2, 0) is 4.79 Å². The van der Waals surface area contributed by atoms with E-state index in [1.165, 1.54) is 9.80 Å². The van der Waals surface area contributed by atoms with Gasteiger partial charge in [0.2, 0.25) is 5.91 Å². The Kier molecular flexibility index (Phi) is 5.02. The number of rotatable bonds is 5. The molecule has 0 unspecified atom stereocenters. The molecule has 0 saturated heterocycles. The van der Waals surface area contributed by atoms with E-state index in [9.17, 15) is 13.6 Å². The lowest BCUT2D eigenvalue weighted by Gasteiger charge is -2.24. The molecule has 1 rings (SSSR count). The number of nitrogens with zero attached hydrogens (tertiary/aromatic N) is 3. The van der Waals surface area contributed by atoms with E-state index in [1.807, 2.05) is 6.92 Å². The topological polar surface area (TPSA) is 62.5 Å². The highest BCUT2D eigenvalue weighted by atomic mass is 19.1. The minimum Gasteiger partial charge on any atom is -0.381 e. The first-order chi connectivity index (χ1) is 8.86. The van der Waals surface area contributed by atoms with E-state index >= 15 is 0 Å². The van der Waals surface area contributed by atoms with Gasteiger partial charge >= 0.3 is 0 Å². The third-order valence-electron chi connectivity index (χ3n) is 2.56. The number of likely N-dealkylation sites (N-methyl/N-ethyl adjacent to an activating group) is 1. The van der Waals surface area contributed by atoms with Crippen molar-refractivity contribution < 1.29 is 13.6 Å². The van der Waals surface area contributed by atoms with Gasteiger partial charge in [0.05, 0.1) is 6.54 Å². The Morgan fingerprint density at radius 3 is 2.53 bits per heavy atom. The molecule has 0 radical (unpaired) electrons. The first-order valence-electron chi connectivity index (χ1n) is 5.93. The quantitative estimate of drug-likeness (QED) is 0.876. The number of hydrogen-bond acceptors (Lipinski definition) is 4. The van der Waals surface area contributed by atoms with Crippen LogP contribution in [0.3, 0.4) is 0 Å². The van der Waals surface area contributed by atoms with Gasteiger partial charge in [-0.2, -0.15) is 0 Å². The number of pyridine rings is 1. The number of nitrogen functional groups attached to an aromatic ring is 1. The largest absolute Gasteiger partial charge is 0.381 e. The molecule has 1 amide bonds. The van der Waals surface area contributed by atoms with Crippen LogP contribution in [0.2, 0.25) is 0 Å². The van der Waals surface area contributed by atoms with Gasteiger partial charge in [-0.25, -0.2) is 13.8 Å². The van der Waals surface area contributed by atoms with E-state index < -0.39 is 11.6 Å². The molecule has 0 atom stereocenters. The third-order valence-corrected chi connectivity index (χ3v) is 2.56. The van der Waals surface area contributed by atoms with Crippen LogP contribution in [0.15, 0.2) is 6.07 Å². The molecule has 0 bridgehead atoms. The highest BCUT2D eigenvalue weighted by Crippen LogP contribution is 2.20. The highest BCUT2D eigenvalue weighted by Gasteiger charge is 2.19. The summed E-state index contributed by atoms with van der Waals surface area (Å²) in [5.41, 5.74) is 5.34. The summed E-state index contributed by atoms with van der Waals surface area (Å²) < 4.78 is 26.8. The predicted molar refractivity (Wildman–Crippen MR) is 69.8 cm³/mol. The summed E-state index contributed by atoms with van der Waals surface area (Å²) in [6, 6.07) is 0.681. The van der Waals surface area contributed by atoms with E-state index in [0.717, 1.165) is 0 Å². The summed E-state index contributed by atoms with van der Waals surface area (Å²) in [4.78, 5) is 18.2. The number of aromatic nitrogens is 1. The van der Waals surface area contributed by atoms with Gasteiger partial charge in [0, 0.05) is 26.7 Å². The van der Waals surface area contributed by atoms with E-state index in [0.29, 0.717) is 19.0 Å². The maximum Gasteiger partial charge on any atom is 0.241 e. The Balaban J connectivity index is 3.05. The van der Waals surface area contributed by atoms with Crippen LogP contribution in [-0.4, -0.2) is 43.0 Å². The molecule has 19 heavy (non-hydrogen) atoms. The number of carbonyl (C=O) groups excluding carboxylic acids is 1. The van der Waals surface area contributed by atoms with E-state index in [4.69, 9.17) is 5.73 Å². The number of anilines is 2. The number of halogens is 2. The maximum absolute atomic E-state index is 13.7. The molecule has 0 aliphatic rings. The fourth-order valence-corrected chi connectivity index (χ4v) is 1.53. The van der Waals surface area contributed by atoms with Crippen molar-refractivity contribution in [3.05, 3.63) is 17.7 Å². The van der Waals surface area contributed by atoms with Crippen LogP contribution < -0.4 is 10.6 Å². The molecule has 0 aromatic carbocycles. The predicted octanol–water partition coefficient (Wildman–Crippen LogP) is 1.25. The summed E-state index contributed by atoms with van der Waals surface area (Å²) in [6.45, 7) is 2.28. The minimum atomic E-state index is -0.906. The molecule has 0 aliphatic heterocycles. The van der Waals surface area contributed by atoms with Crippen LogP contribution in [0.1, 0.15) is 13.3 Å². The van der Waals surface area contributed by atoms with Gasteiger partial charge in [-0.1, -0.05) is 6.92 Å². The van der Waals surface area contributed by atoms with Crippen LogP contribution in [0, 0.1) is 11.6 Å². The third kappa shape index (κ3) is 3.77. The Labute approximate surface area is 111 Å². The van der Waals surface area contributed by atoms with Gasteiger partial charge in [-0.15, -0.1) is 0 Å². The SMILES string of the molecule is CCCN(CC(=O)N(C)C)c1nc(N)c(F)cc1F. The highest BCUT2D eigenvalue weighted by molar-refractivity contribution is 5.80. The molecule has 2 N–H and O–H groups in total. The molecule has 0 fully saturated rings. The first-order valence-corrected chi connectivity index (χ1v) is 5.93. The van der Waals surface area contributed by atoms with Gasteiger partial charge < -0.3 is 15.5 Å². The molecular formula is C12H18F2N4O.